The van der Waals surface area contributed by atoms with Crippen LogP contribution in [0.1, 0.15) is 81.8 Å². The van der Waals surface area contributed by atoms with Gasteiger partial charge >= 0.3 is 6.09 Å². The minimum atomic E-state index is -0.267. The molecule has 4 heteroatoms. The standard InChI is InChI=1S/C28H35NO3/c1-21(30)26-14-8-9-15-27(26)23-18-16-22(17-19-23)20-29(24-10-4-2-5-11-24)28(31)32-25-12-6-3-7-13-25/h3,6-7,12-13,16-19,24,26-27H,2,4-5,8-11,14-15,20H2,1H3/t26?,27-/m0/s1. The minimum Gasteiger partial charge on any atom is -0.410 e. The van der Waals surface area contributed by atoms with E-state index in [9.17, 15) is 9.59 Å². The Morgan fingerprint density at radius 3 is 2.19 bits per heavy atom. The Balaban J connectivity index is 1.48. The summed E-state index contributed by atoms with van der Waals surface area (Å²) in [6.45, 7) is 2.29. The van der Waals surface area contributed by atoms with E-state index in [1.807, 2.05) is 35.2 Å². The minimum absolute atomic E-state index is 0.147. The quantitative estimate of drug-likeness (QED) is 0.499. The van der Waals surface area contributed by atoms with Gasteiger partial charge in [0, 0.05) is 18.5 Å². The Morgan fingerprint density at radius 1 is 0.844 bits per heavy atom. The van der Waals surface area contributed by atoms with Crippen molar-refractivity contribution in [3.63, 3.8) is 0 Å². The lowest BCUT2D eigenvalue weighted by Crippen LogP contribution is -2.42. The second-order valence-electron chi connectivity index (χ2n) is 9.45. The Bertz CT molecular complexity index is 887. The van der Waals surface area contributed by atoms with Crippen molar-refractivity contribution >= 4 is 11.9 Å². The Labute approximate surface area is 192 Å². The van der Waals surface area contributed by atoms with Gasteiger partial charge in [-0.25, -0.2) is 4.79 Å². The summed E-state index contributed by atoms with van der Waals surface area (Å²) in [4.78, 5) is 27.2. The maximum Gasteiger partial charge on any atom is 0.415 e. The van der Waals surface area contributed by atoms with Crippen LogP contribution in [0.2, 0.25) is 0 Å². The van der Waals surface area contributed by atoms with Crippen molar-refractivity contribution in [2.45, 2.75) is 83.2 Å². The molecular weight excluding hydrogens is 398 g/mol. The van der Waals surface area contributed by atoms with Gasteiger partial charge in [-0.3, -0.25) is 4.79 Å². The molecule has 2 aromatic rings. The van der Waals surface area contributed by atoms with Gasteiger partial charge in [0.05, 0.1) is 0 Å². The maximum absolute atomic E-state index is 13.1. The highest BCUT2D eigenvalue weighted by Crippen LogP contribution is 2.38. The summed E-state index contributed by atoms with van der Waals surface area (Å²) < 4.78 is 5.71. The highest BCUT2D eigenvalue weighted by molar-refractivity contribution is 5.79. The number of benzene rings is 2. The topological polar surface area (TPSA) is 46.6 Å². The van der Waals surface area contributed by atoms with Crippen LogP contribution in [0.15, 0.2) is 54.6 Å². The van der Waals surface area contributed by atoms with Crippen LogP contribution in [0, 0.1) is 5.92 Å². The van der Waals surface area contributed by atoms with E-state index in [2.05, 4.69) is 24.3 Å². The molecule has 1 amide bonds. The monoisotopic (exact) mass is 433 g/mol. The third-order valence-corrected chi connectivity index (χ3v) is 7.25. The summed E-state index contributed by atoms with van der Waals surface area (Å²) in [6.07, 6.45) is 9.79. The van der Waals surface area contributed by atoms with Crippen molar-refractivity contribution < 1.29 is 14.3 Å². The molecule has 0 bridgehead atoms. The van der Waals surface area contributed by atoms with E-state index in [0.717, 1.165) is 50.5 Å². The molecule has 170 valence electrons. The maximum atomic E-state index is 13.1. The first-order chi connectivity index (χ1) is 15.6. The first-order valence-corrected chi connectivity index (χ1v) is 12.2. The Morgan fingerprint density at radius 2 is 1.50 bits per heavy atom. The van der Waals surface area contributed by atoms with E-state index in [-0.39, 0.29) is 18.1 Å². The molecule has 0 spiro atoms. The number of amides is 1. The zero-order valence-corrected chi connectivity index (χ0v) is 19.2. The van der Waals surface area contributed by atoms with Crippen molar-refractivity contribution in [1.82, 2.24) is 4.90 Å². The Hall–Kier alpha value is -2.62. The molecule has 2 saturated carbocycles. The normalized spacial score (nSPS) is 21.7. The number of rotatable bonds is 6. The molecule has 2 aliphatic rings. The molecule has 4 rings (SSSR count). The van der Waals surface area contributed by atoms with Crippen LogP contribution in [0.5, 0.6) is 5.75 Å². The molecule has 0 N–H and O–H groups in total. The summed E-state index contributed by atoms with van der Waals surface area (Å²) in [6, 6.07) is 18.1. The van der Waals surface area contributed by atoms with Gasteiger partial charge in [-0.15, -0.1) is 0 Å². The van der Waals surface area contributed by atoms with E-state index in [4.69, 9.17) is 4.74 Å². The molecule has 0 heterocycles. The average Bonchev–Trinajstić information content (AvgIpc) is 2.84. The van der Waals surface area contributed by atoms with Gasteiger partial charge in [-0.05, 0) is 61.8 Å². The van der Waals surface area contributed by atoms with Gasteiger partial charge in [-0.2, -0.15) is 0 Å². The van der Waals surface area contributed by atoms with Crippen LogP contribution >= 0.6 is 0 Å². The summed E-state index contributed by atoms with van der Waals surface area (Å²) in [7, 11) is 0. The van der Waals surface area contributed by atoms with Gasteiger partial charge in [0.1, 0.15) is 11.5 Å². The first kappa shape index (κ1) is 22.6. The average molecular weight is 434 g/mol. The number of carbonyl (C=O) groups is 2. The number of hydrogen-bond donors (Lipinski definition) is 0. The fourth-order valence-electron chi connectivity index (χ4n) is 5.47. The number of hydrogen-bond acceptors (Lipinski definition) is 3. The van der Waals surface area contributed by atoms with E-state index >= 15 is 0 Å². The second-order valence-corrected chi connectivity index (χ2v) is 9.45. The molecule has 2 aromatic carbocycles. The Kier molecular flexibility index (Phi) is 7.62. The van der Waals surface area contributed by atoms with Crippen molar-refractivity contribution in [2.75, 3.05) is 0 Å². The molecule has 4 nitrogen and oxygen atoms in total. The van der Waals surface area contributed by atoms with Gasteiger partial charge in [0.25, 0.3) is 0 Å². The van der Waals surface area contributed by atoms with Crippen LogP contribution < -0.4 is 4.74 Å². The van der Waals surface area contributed by atoms with Crippen LogP contribution in [0.3, 0.4) is 0 Å². The number of carbonyl (C=O) groups excluding carboxylic acids is 2. The van der Waals surface area contributed by atoms with Gasteiger partial charge in [-0.1, -0.05) is 74.6 Å². The van der Waals surface area contributed by atoms with E-state index in [1.54, 1.807) is 6.92 Å². The molecule has 0 aliphatic heterocycles. The molecule has 2 aliphatic carbocycles. The molecule has 0 radical (unpaired) electrons. The van der Waals surface area contributed by atoms with Crippen molar-refractivity contribution in [2.24, 2.45) is 5.92 Å². The fraction of sp³-hybridized carbons (Fsp3) is 0.500. The third-order valence-electron chi connectivity index (χ3n) is 7.25. The molecule has 0 saturated heterocycles. The molecule has 0 aromatic heterocycles. The summed E-state index contributed by atoms with van der Waals surface area (Å²) in [5.41, 5.74) is 2.37. The molecule has 2 fully saturated rings. The number of para-hydroxylation sites is 1. The highest BCUT2D eigenvalue weighted by atomic mass is 16.6. The lowest BCUT2D eigenvalue weighted by atomic mass is 9.74. The SMILES string of the molecule is CC(=O)C1CCCC[C@H]1c1ccc(CN(C(=O)Oc2ccccc2)C2CCCCC2)cc1. The molecular formula is C28H35NO3. The predicted octanol–water partition coefficient (Wildman–Crippen LogP) is 6.88. The zero-order chi connectivity index (χ0) is 22.3. The fourth-order valence-corrected chi connectivity index (χ4v) is 5.47. The lowest BCUT2D eigenvalue weighted by Gasteiger charge is -2.34. The smallest absolute Gasteiger partial charge is 0.410 e. The van der Waals surface area contributed by atoms with Crippen LogP contribution in [-0.2, 0) is 11.3 Å². The van der Waals surface area contributed by atoms with Crippen molar-refractivity contribution in [1.29, 1.82) is 0 Å². The summed E-state index contributed by atoms with van der Waals surface area (Å²) in [5, 5.41) is 0. The summed E-state index contributed by atoms with van der Waals surface area (Å²) >= 11 is 0. The van der Waals surface area contributed by atoms with Crippen molar-refractivity contribution in [3.8, 4) is 5.75 Å². The van der Waals surface area contributed by atoms with E-state index in [0.29, 0.717) is 24.0 Å². The number of Topliss-reactive ketones (excluding diaryl/α,β-unsaturated/α-hetero) is 1. The van der Waals surface area contributed by atoms with E-state index in [1.165, 1.54) is 18.4 Å². The molecule has 1 unspecified atom stereocenters. The van der Waals surface area contributed by atoms with Crippen molar-refractivity contribution in [3.05, 3.63) is 65.7 Å². The van der Waals surface area contributed by atoms with Gasteiger partial charge < -0.3 is 9.64 Å². The van der Waals surface area contributed by atoms with Crippen LogP contribution in [0.25, 0.3) is 0 Å². The first-order valence-electron chi connectivity index (χ1n) is 12.2. The third kappa shape index (κ3) is 5.59. The number of ketones is 1. The van der Waals surface area contributed by atoms with Crippen LogP contribution in [0.4, 0.5) is 4.79 Å². The number of nitrogens with zero attached hydrogens (tertiary/aromatic N) is 1. The predicted molar refractivity (Wildman–Crippen MR) is 127 cm³/mol. The lowest BCUT2D eigenvalue weighted by molar-refractivity contribution is -0.122. The molecule has 2 atom stereocenters. The highest BCUT2D eigenvalue weighted by Gasteiger charge is 2.30. The van der Waals surface area contributed by atoms with E-state index < -0.39 is 0 Å². The summed E-state index contributed by atoms with van der Waals surface area (Å²) in [5.74, 6) is 1.37. The van der Waals surface area contributed by atoms with Crippen LogP contribution in [-0.4, -0.2) is 22.8 Å². The molecule has 32 heavy (non-hydrogen) atoms. The van der Waals surface area contributed by atoms with Gasteiger partial charge in [0.15, 0.2) is 0 Å². The number of ether oxygens (including phenoxy) is 1. The van der Waals surface area contributed by atoms with Gasteiger partial charge in [0.2, 0.25) is 0 Å². The second kappa shape index (κ2) is 10.8. The largest absolute Gasteiger partial charge is 0.415 e. The zero-order valence-electron chi connectivity index (χ0n) is 19.2.